The summed E-state index contributed by atoms with van der Waals surface area (Å²) in [5.74, 6) is 0. The van der Waals surface area contributed by atoms with Crippen LogP contribution in [0.4, 0.5) is 0 Å². The van der Waals surface area contributed by atoms with Crippen LogP contribution in [0, 0.1) is 0 Å². The fourth-order valence-electron chi connectivity index (χ4n) is 2.32. The Bertz CT molecular complexity index is 167. The molecular formula is C13H28N2O. The van der Waals surface area contributed by atoms with Crippen molar-refractivity contribution in [3.05, 3.63) is 0 Å². The molecule has 96 valence electrons. The van der Waals surface area contributed by atoms with Crippen molar-refractivity contribution in [2.75, 3.05) is 26.2 Å². The molecule has 0 aliphatic carbocycles. The molecule has 2 N–H and O–H groups in total. The molecule has 3 nitrogen and oxygen atoms in total. The lowest BCUT2D eigenvalue weighted by Crippen LogP contribution is -2.34. The van der Waals surface area contributed by atoms with Crippen molar-refractivity contribution in [1.82, 2.24) is 4.90 Å². The van der Waals surface area contributed by atoms with Crippen LogP contribution >= 0.6 is 0 Å². The highest BCUT2D eigenvalue weighted by Crippen LogP contribution is 2.17. The molecule has 3 heteroatoms. The van der Waals surface area contributed by atoms with E-state index in [2.05, 4.69) is 18.7 Å². The highest BCUT2D eigenvalue weighted by Gasteiger charge is 2.16. The molecule has 1 rings (SSSR count). The average molecular weight is 228 g/mol. The van der Waals surface area contributed by atoms with E-state index < -0.39 is 0 Å². The molecule has 1 unspecified atom stereocenters. The Morgan fingerprint density at radius 2 is 2.06 bits per heavy atom. The van der Waals surface area contributed by atoms with Crippen LogP contribution < -0.4 is 5.73 Å². The Balaban J connectivity index is 2.10. The van der Waals surface area contributed by atoms with Crippen molar-refractivity contribution in [1.29, 1.82) is 0 Å². The Morgan fingerprint density at radius 3 is 2.62 bits per heavy atom. The molecule has 1 heterocycles. The van der Waals surface area contributed by atoms with E-state index in [1.54, 1.807) is 0 Å². The van der Waals surface area contributed by atoms with Gasteiger partial charge in [0.25, 0.3) is 0 Å². The zero-order valence-electron chi connectivity index (χ0n) is 11.0. The van der Waals surface area contributed by atoms with Crippen molar-refractivity contribution in [3.63, 3.8) is 0 Å². The third kappa shape index (κ3) is 5.28. The predicted octanol–water partition coefficient (Wildman–Crippen LogP) is 2.00. The van der Waals surface area contributed by atoms with Gasteiger partial charge in [0.05, 0.1) is 6.10 Å². The van der Waals surface area contributed by atoms with E-state index in [-0.39, 0.29) is 0 Å². The second-order valence-electron chi connectivity index (χ2n) is 5.05. The zero-order valence-corrected chi connectivity index (χ0v) is 11.0. The van der Waals surface area contributed by atoms with Gasteiger partial charge in [-0.2, -0.15) is 0 Å². The van der Waals surface area contributed by atoms with Gasteiger partial charge in [0.1, 0.15) is 0 Å². The maximum atomic E-state index is 5.64. The SMILES string of the molecule is CC(C)N(CCCN)CCCC1CCCO1. The van der Waals surface area contributed by atoms with Crippen LogP contribution in [-0.2, 0) is 4.74 Å². The van der Waals surface area contributed by atoms with Crippen molar-refractivity contribution >= 4 is 0 Å². The predicted molar refractivity (Wildman–Crippen MR) is 68.6 cm³/mol. The molecule has 0 amide bonds. The molecule has 0 aromatic heterocycles. The van der Waals surface area contributed by atoms with Gasteiger partial charge >= 0.3 is 0 Å². The van der Waals surface area contributed by atoms with Crippen molar-refractivity contribution in [2.24, 2.45) is 5.73 Å². The normalized spacial score (nSPS) is 21.2. The molecule has 16 heavy (non-hydrogen) atoms. The van der Waals surface area contributed by atoms with E-state index in [1.165, 1.54) is 32.2 Å². The summed E-state index contributed by atoms with van der Waals surface area (Å²) in [4.78, 5) is 2.53. The lowest BCUT2D eigenvalue weighted by Gasteiger charge is -2.26. The van der Waals surface area contributed by atoms with Crippen molar-refractivity contribution < 1.29 is 4.74 Å². The summed E-state index contributed by atoms with van der Waals surface area (Å²) in [5, 5.41) is 0. The summed E-state index contributed by atoms with van der Waals surface area (Å²) in [6.45, 7) is 8.64. The van der Waals surface area contributed by atoms with Crippen LogP contribution in [0.1, 0.15) is 46.0 Å². The highest BCUT2D eigenvalue weighted by molar-refractivity contribution is 4.68. The maximum absolute atomic E-state index is 5.64. The topological polar surface area (TPSA) is 38.5 Å². The van der Waals surface area contributed by atoms with Gasteiger partial charge in [-0.1, -0.05) is 0 Å². The molecule has 0 spiro atoms. The highest BCUT2D eigenvalue weighted by atomic mass is 16.5. The van der Waals surface area contributed by atoms with Crippen molar-refractivity contribution in [3.8, 4) is 0 Å². The molecule has 0 saturated carbocycles. The molecule has 0 aromatic rings. The third-order valence-electron chi connectivity index (χ3n) is 3.38. The zero-order chi connectivity index (χ0) is 11.8. The summed E-state index contributed by atoms with van der Waals surface area (Å²) in [6, 6.07) is 0.635. The average Bonchev–Trinajstić information content (AvgIpc) is 2.75. The summed E-state index contributed by atoms with van der Waals surface area (Å²) in [5.41, 5.74) is 5.56. The summed E-state index contributed by atoms with van der Waals surface area (Å²) in [6.07, 6.45) is 6.66. The van der Waals surface area contributed by atoms with E-state index in [4.69, 9.17) is 10.5 Å². The standard InChI is InChI=1S/C13H28N2O/c1-12(2)15(10-5-8-14)9-3-6-13-7-4-11-16-13/h12-13H,3-11,14H2,1-2H3. The quantitative estimate of drug-likeness (QED) is 0.690. The van der Waals surface area contributed by atoms with Gasteiger partial charge in [-0.05, 0) is 65.6 Å². The Labute approximate surface area is 100 Å². The third-order valence-corrected chi connectivity index (χ3v) is 3.38. The summed E-state index contributed by atoms with van der Waals surface area (Å²) in [7, 11) is 0. The number of hydrogen-bond donors (Lipinski definition) is 1. The Kier molecular flexibility index (Phi) is 7.01. The summed E-state index contributed by atoms with van der Waals surface area (Å²) < 4.78 is 5.64. The number of ether oxygens (including phenoxy) is 1. The number of rotatable bonds is 8. The van der Waals surface area contributed by atoms with Crippen molar-refractivity contribution in [2.45, 2.75) is 58.1 Å². The number of hydrogen-bond acceptors (Lipinski definition) is 3. The van der Waals surface area contributed by atoms with E-state index in [1.807, 2.05) is 0 Å². The first-order valence-electron chi connectivity index (χ1n) is 6.79. The molecule has 0 aromatic carbocycles. The maximum Gasteiger partial charge on any atom is 0.0576 e. The second kappa shape index (κ2) is 8.04. The molecule has 0 radical (unpaired) electrons. The van der Waals surface area contributed by atoms with Gasteiger partial charge in [0, 0.05) is 12.6 Å². The Morgan fingerprint density at radius 1 is 1.31 bits per heavy atom. The lowest BCUT2D eigenvalue weighted by molar-refractivity contribution is 0.0968. The molecular weight excluding hydrogens is 200 g/mol. The van der Waals surface area contributed by atoms with Gasteiger partial charge in [-0.3, -0.25) is 0 Å². The number of nitrogens with two attached hydrogens (primary N) is 1. The first kappa shape index (κ1) is 13.9. The van der Waals surface area contributed by atoms with Crippen LogP contribution in [0.15, 0.2) is 0 Å². The molecule has 1 atom stereocenters. The van der Waals surface area contributed by atoms with Crippen LogP contribution in [0.5, 0.6) is 0 Å². The molecule has 1 saturated heterocycles. The fraction of sp³-hybridized carbons (Fsp3) is 1.00. The van der Waals surface area contributed by atoms with E-state index in [9.17, 15) is 0 Å². The van der Waals surface area contributed by atoms with Gasteiger partial charge in [0.2, 0.25) is 0 Å². The van der Waals surface area contributed by atoms with Gasteiger partial charge in [-0.15, -0.1) is 0 Å². The molecule has 0 bridgehead atoms. The van der Waals surface area contributed by atoms with E-state index >= 15 is 0 Å². The van der Waals surface area contributed by atoms with E-state index in [0.717, 1.165) is 26.1 Å². The largest absolute Gasteiger partial charge is 0.378 e. The second-order valence-corrected chi connectivity index (χ2v) is 5.05. The van der Waals surface area contributed by atoms with Gasteiger partial charge in [0.15, 0.2) is 0 Å². The smallest absolute Gasteiger partial charge is 0.0576 e. The van der Waals surface area contributed by atoms with E-state index in [0.29, 0.717) is 12.1 Å². The van der Waals surface area contributed by atoms with Crippen LogP contribution in [0.3, 0.4) is 0 Å². The van der Waals surface area contributed by atoms with Gasteiger partial charge < -0.3 is 15.4 Å². The number of nitrogens with zero attached hydrogens (tertiary/aromatic N) is 1. The first-order valence-corrected chi connectivity index (χ1v) is 6.79. The molecule has 1 aliphatic rings. The van der Waals surface area contributed by atoms with Crippen LogP contribution in [0.2, 0.25) is 0 Å². The minimum atomic E-state index is 0.545. The molecule has 1 fully saturated rings. The lowest BCUT2D eigenvalue weighted by atomic mass is 10.1. The van der Waals surface area contributed by atoms with Crippen LogP contribution in [0.25, 0.3) is 0 Å². The first-order chi connectivity index (χ1) is 7.74. The van der Waals surface area contributed by atoms with Gasteiger partial charge in [-0.25, -0.2) is 0 Å². The summed E-state index contributed by atoms with van der Waals surface area (Å²) >= 11 is 0. The monoisotopic (exact) mass is 228 g/mol. The molecule has 1 aliphatic heterocycles. The minimum absolute atomic E-state index is 0.545. The van der Waals surface area contributed by atoms with Crippen LogP contribution in [-0.4, -0.2) is 43.3 Å². The minimum Gasteiger partial charge on any atom is -0.378 e. The Hall–Kier alpha value is -0.120. The fourth-order valence-corrected chi connectivity index (χ4v) is 2.32.